The molecule has 0 saturated heterocycles. The minimum absolute atomic E-state index is 0.361. The molecule has 134 valence electrons. The number of hydrogen-bond acceptors (Lipinski definition) is 3. The van der Waals surface area contributed by atoms with Gasteiger partial charge in [0.25, 0.3) is 0 Å². The third-order valence-corrected chi connectivity index (χ3v) is 6.43. The summed E-state index contributed by atoms with van der Waals surface area (Å²) in [6.45, 7) is 9.25. The average molecular weight is 331 g/mol. The summed E-state index contributed by atoms with van der Waals surface area (Å²) in [6.07, 6.45) is 8.53. The zero-order valence-corrected chi connectivity index (χ0v) is 17.9. The van der Waals surface area contributed by atoms with Crippen molar-refractivity contribution in [3.63, 3.8) is 0 Å². The highest BCUT2D eigenvalue weighted by atomic mass is 28.2. The summed E-state index contributed by atoms with van der Waals surface area (Å²) in [7, 11) is 8.28. The van der Waals surface area contributed by atoms with Gasteiger partial charge < -0.3 is 14.2 Å². The third kappa shape index (κ3) is 12.6. The SMILES string of the molecule is CCCCCCCC(C)O[SiH2]CC(C)(CN(C)C)CN(C)C. The van der Waals surface area contributed by atoms with E-state index in [-0.39, 0.29) is 0 Å². The quantitative estimate of drug-likeness (QED) is 0.359. The molecule has 0 aliphatic carbocycles. The van der Waals surface area contributed by atoms with Gasteiger partial charge >= 0.3 is 0 Å². The van der Waals surface area contributed by atoms with Crippen molar-refractivity contribution in [3.05, 3.63) is 0 Å². The second kappa shape index (κ2) is 12.5. The van der Waals surface area contributed by atoms with Crippen LogP contribution in [0.4, 0.5) is 0 Å². The molecule has 0 heterocycles. The maximum atomic E-state index is 6.21. The number of nitrogens with zero attached hydrogens (tertiary/aromatic N) is 2. The van der Waals surface area contributed by atoms with Crippen LogP contribution < -0.4 is 0 Å². The molecular weight excluding hydrogens is 288 g/mol. The van der Waals surface area contributed by atoms with E-state index in [4.69, 9.17) is 4.43 Å². The fourth-order valence-corrected chi connectivity index (χ4v) is 4.86. The van der Waals surface area contributed by atoms with Crippen LogP contribution in [-0.2, 0) is 4.43 Å². The van der Waals surface area contributed by atoms with Gasteiger partial charge in [-0.2, -0.15) is 0 Å². The highest BCUT2D eigenvalue weighted by Gasteiger charge is 2.26. The predicted molar refractivity (Wildman–Crippen MR) is 102 cm³/mol. The van der Waals surface area contributed by atoms with E-state index in [0.29, 0.717) is 11.5 Å². The Kier molecular flexibility index (Phi) is 12.6. The second-order valence-corrected chi connectivity index (χ2v) is 9.16. The maximum absolute atomic E-state index is 6.21. The fourth-order valence-electron chi connectivity index (χ4n) is 3.36. The minimum Gasteiger partial charge on any atom is -0.421 e. The lowest BCUT2D eigenvalue weighted by molar-refractivity contribution is 0.166. The van der Waals surface area contributed by atoms with Gasteiger partial charge in [-0.15, -0.1) is 0 Å². The van der Waals surface area contributed by atoms with Gasteiger partial charge in [-0.1, -0.05) is 46.0 Å². The van der Waals surface area contributed by atoms with Crippen LogP contribution in [0.5, 0.6) is 0 Å². The maximum Gasteiger partial charge on any atom is 0.162 e. The zero-order chi connectivity index (χ0) is 17.0. The van der Waals surface area contributed by atoms with Gasteiger partial charge in [0, 0.05) is 19.2 Å². The minimum atomic E-state index is -0.423. The molecule has 0 rings (SSSR count). The Labute approximate surface area is 142 Å². The van der Waals surface area contributed by atoms with Crippen molar-refractivity contribution in [2.75, 3.05) is 41.3 Å². The molecule has 0 aromatic heterocycles. The van der Waals surface area contributed by atoms with Gasteiger partial charge in [-0.25, -0.2) is 0 Å². The standard InChI is InChI=1S/C18H42N2OSi/c1-8-9-10-11-12-13-17(2)21-22-16-18(3,14-19(4)5)15-20(6)7/h17H,8-16,22H2,1-7H3. The molecule has 1 atom stereocenters. The first-order valence-corrected chi connectivity index (χ1v) is 10.8. The molecule has 0 aliphatic rings. The molecule has 0 aliphatic heterocycles. The summed E-state index contributed by atoms with van der Waals surface area (Å²) in [5.41, 5.74) is 0.361. The molecule has 3 nitrogen and oxygen atoms in total. The van der Waals surface area contributed by atoms with Gasteiger partial charge in [0.2, 0.25) is 0 Å². The van der Waals surface area contributed by atoms with E-state index in [1.165, 1.54) is 44.6 Å². The van der Waals surface area contributed by atoms with Crippen molar-refractivity contribution < 1.29 is 4.43 Å². The van der Waals surface area contributed by atoms with Crippen LogP contribution in [0.25, 0.3) is 0 Å². The van der Waals surface area contributed by atoms with E-state index in [2.05, 4.69) is 58.8 Å². The molecule has 0 saturated carbocycles. The number of unbranched alkanes of at least 4 members (excludes halogenated alkanes) is 4. The van der Waals surface area contributed by atoms with E-state index in [1.807, 2.05) is 0 Å². The Morgan fingerprint density at radius 2 is 1.50 bits per heavy atom. The molecule has 0 amide bonds. The monoisotopic (exact) mass is 330 g/mol. The van der Waals surface area contributed by atoms with E-state index < -0.39 is 9.76 Å². The predicted octanol–water partition coefficient (Wildman–Crippen LogP) is 3.38. The Bertz CT molecular complexity index is 249. The van der Waals surface area contributed by atoms with Gasteiger partial charge in [0.05, 0.1) is 0 Å². The molecule has 1 unspecified atom stereocenters. The van der Waals surface area contributed by atoms with Crippen LogP contribution in [0.1, 0.15) is 59.3 Å². The van der Waals surface area contributed by atoms with Crippen molar-refractivity contribution in [2.24, 2.45) is 5.41 Å². The molecule has 0 radical (unpaired) electrons. The van der Waals surface area contributed by atoms with Crippen LogP contribution in [0.3, 0.4) is 0 Å². The normalized spacial score (nSPS) is 14.6. The van der Waals surface area contributed by atoms with Crippen LogP contribution in [-0.4, -0.2) is 66.9 Å². The lowest BCUT2D eigenvalue weighted by Gasteiger charge is -2.35. The number of hydrogen-bond donors (Lipinski definition) is 0. The van der Waals surface area contributed by atoms with Crippen molar-refractivity contribution in [1.82, 2.24) is 9.80 Å². The summed E-state index contributed by atoms with van der Waals surface area (Å²) < 4.78 is 6.21. The van der Waals surface area contributed by atoms with Crippen molar-refractivity contribution in [2.45, 2.75) is 71.4 Å². The first kappa shape index (κ1) is 22.1. The highest BCUT2D eigenvalue weighted by molar-refractivity contribution is 6.27. The highest BCUT2D eigenvalue weighted by Crippen LogP contribution is 2.24. The molecule has 0 aromatic carbocycles. The van der Waals surface area contributed by atoms with Crippen molar-refractivity contribution in [3.8, 4) is 0 Å². The molecule has 0 N–H and O–H groups in total. The summed E-state index contributed by atoms with van der Waals surface area (Å²) in [4.78, 5) is 4.63. The van der Waals surface area contributed by atoms with E-state index >= 15 is 0 Å². The Morgan fingerprint density at radius 3 is 2.00 bits per heavy atom. The summed E-state index contributed by atoms with van der Waals surface area (Å²) >= 11 is 0. The second-order valence-electron chi connectivity index (χ2n) is 7.92. The molecule has 0 fully saturated rings. The fraction of sp³-hybridized carbons (Fsp3) is 1.00. The first-order chi connectivity index (χ1) is 10.3. The Morgan fingerprint density at radius 1 is 0.955 bits per heavy atom. The summed E-state index contributed by atoms with van der Waals surface area (Å²) in [5, 5.41) is 0. The van der Waals surface area contributed by atoms with E-state index in [9.17, 15) is 0 Å². The van der Waals surface area contributed by atoms with Crippen LogP contribution in [0.15, 0.2) is 0 Å². The lowest BCUT2D eigenvalue weighted by Crippen LogP contribution is -2.40. The van der Waals surface area contributed by atoms with Gasteiger partial charge in [0.1, 0.15) is 0 Å². The van der Waals surface area contributed by atoms with Gasteiger partial charge in [-0.05, 0) is 53.0 Å². The largest absolute Gasteiger partial charge is 0.421 e. The molecule has 4 heteroatoms. The molecule has 0 aromatic rings. The van der Waals surface area contributed by atoms with Gasteiger partial charge in [0.15, 0.2) is 9.76 Å². The lowest BCUT2D eigenvalue weighted by atomic mass is 9.92. The van der Waals surface area contributed by atoms with Gasteiger partial charge in [-0.3, -0.25) is 0 Å². The smallest absolute Gasteiger partial charge is 0.162 e. The van der Waals surface area contributed by atoms with E-state index in [1.54, 1.807) is 0 Å². The summed E-state index contributed by atoms with van der Waals surface area (Å²) in [5.74, 6) is 0. The van der Waals surface area contributed by atoms with Crippen LogP contribution in [0, 0.1) is 5.41 Å². The van der Waals surface area contributed by atoms with Crippen molar-refractivity contribution >= 4 is 9.76 Å². The van der Waals surface area contributed by atoms with Crippen LogP contribution in [0.2, 0.25) is 6.04 Å². The zero-order valence-electron chi connectivity index (χ0n) is 16.5. The number of rotatable bonds is 14. The Balaban J connectivity index is 3.95. The summed E-state index contributed by atoms with van der Waals surface area (Å²) in [6, 6.07) is 1.27. The van der Waals surface area contributed by atoms with E-state index in [0.717, 1.165) is 13.1 Å². The average Bonchev–Trinajstić information content (AvgIpc) is 2.36. The third-order valence-electron chi connectivity index (χ3n) is 4.22. The van der Waals surface area contributed by atoms with Crippen LogP contribution >= 0.6 is 0 Å². The molecule has 0 spiro atoms. The molecular formula is C18H42N2OSi. The van der Waals surface area contributed by atoms with Crippen molar-refractivity contribution in [1.29, 1.82) is 0 Å². The first-order valence-electron chi connectivity index (χ1n) is 9.20. The topological polar surface area (TPSA) is 15.7 Å². The molecule has 22 heavy (non-hydrogen) atoms. The Hall–Kier alpha value is 0.0969. The molecule has 0 bridgehead atoms.